The van der Waals surface area contributed by atoms with Crippen LogP contribution in [0.1, 0.15) is 19.8 Å². The predicted octanol–water partition coefficient (Wildman–Crippen LogP) is 0.259. The standard InChI is InChI=1S/C15H21F3N4O4/c1-2-26-13(24)9-6-19-14(25)21-10(9)7-22-5-3-4-11(22)12(23)20-8-15(16,17)18/h11H,2-8H2,1H3,(H,20,23)(H2,19,21,25)/t11-/m1/s1. The van der Waals surface area contributed by atoms with Gasteiger partial charge in [0.15, 0.2) is 0 Å². The first kappa shape index (κ1) is 20.0. The second kappa shape index (κ2) is 8.39. The molecule has 0 bridgehead atoms. The number of likely N-dealkylation sites (tertiary alicyclic amines) is 1. The van der Waals surface area contributed by atoms with E-state index in [1.54, 1.807) is 11.8 Å². The zero-order valence-corrected chi connectivity index (χ0v) is 14.2. The van der Waals surface area contributed by atoms with Crippen molar-refractivity contribution < 1.29 is 32.3 Å². The van der Waals surface area contributed by atoms with Crippen LogP contribution < -0.4 is 16.0 Å². The van der Waals surface area contributed by atoms with Crippen LogP contribution in [0, 0.1) is 0 Å². The van der Waals surface area contributed by atoms with Gasteiger partial charge in [-0.1, -0.05) is 0 Å². The van der Waals surface area contributed by atoms with Crippen LogP contribution >= 0.6 is 0 Å². The number of esters is 1. The number of alkyl halides is 3. The molecule has 0 spiro atoms. The topological polar surface area (TPSA) is 99.8 Å². The van der Waals surface area contributed by atoms with Crippen molar-refractivity contribution in [1.82, 2.24) is 20.9 Å². The fraction of sp³-hybridized carbons (Fsp3) is 0.667. The van der Waals surface area contributed by atoms with Crippen molar-refractivity contribution in [2.75, 3.05) is 32.8 Å². The van der Waals surface area contributed by atoms with Crippen molar-refractivity contribution in [2.24, 2.45) is 0 Å². The minimum Gasteiger partial charge on any atom is -0.463 e. The first-order valence-electron chi connectivity index (χ1n) is 8.23. The third-order valence-electron chi connectivity index (χ3n) is 4.07. The number of amides is 3. The summed E-state index contributed by atoms with van der Waals surface area (Å²) >= 11 is 0. The van der Waals surface area contributed by atoms with E-state index < -0.39 is 36.7 Å². The maximum Gasteiger partial charge on any atom is 0.405 e. The third-order valence-corrected chi connectivity index (χ3v) is 4.07. The molecule has 3 N–H and O–H groups in total. The molecule has 1 atom stereocenters. The predicted molar refractivity (Wildman–Crippen MR) is 83.9 cm³/mol. The van der Waals surface area contributed by atoms with Crippen LogP contribution in [0.25, 0.3) is 0 Å². The van der Waals surface area contributed by atoms with E-state index in [9.17, 15) is 27.6 Å². The smallest absolute Gasteiger partial charge is 0.405 e. The molecule has 8 nitrogen and oxygen atoms in total. The van der Waals surface area contributed by atoms with Crippen molar-refractivity contribution in [3.63, 3.8) is 0 Å². The number of urea groups is 1. The summed E-state index contributed by atoms with van der Waals surface area (Å²) in [6.45, 7) is 0.926. The normalized spacial score (nSPS) is 21.2. The Labute approximate surface area is 148 Å². The number of carbonyl (C=O) groups excluding carboxylic acids is 3. The highest BCUT2D eigenvalue weighted by Gasteiger charge is 2.35. The molecule has 2 rings (SSSR count). The van der Waals surface area contributed by atoms with E-state index in [0.29, 0.717) is 25.1 Å². The van der Waals surface area contributed by atoms with Gasteiger partial charge in [0.1, 0.15) is 6.54 Å². The molecule has 0 aromatic heterocycles. The summed E-state index contributed by atoms with van der Waals surface area (Å²) in [5.74, 6) is -1.31. The molecule has 2 aliphatic rings. The number of carbonyl (C=O) groups is 3. The first-order valence-corrected chi connectivity index (χ1v) is 8.23. The molecule has 0 aliphatic carbocycles. The van der Waals surface area contributed by atoms with E-state index in [4.69, 9.17) is 4.74 Å². The highest BCUT2D eigenvalue weighted by atomic mass is 19.4. The number of rotatable bonds is 6. The fourth-order valence-electron chi connectivity index (χ4n) is 2.90. The average Bonchev–Trinajstić information content (AvgIpc) is 3.00. The van der Waals surface area contributed by atoms with Gasteiger partial charge < -0.3 is 20.7 Å². The number of halogens is 3. The number of nitrogens with one attached hydrogen (secondary N) is 3. The molecule has 3 amide bonds. The molecule has 0 unspecified atom stereocenters. The van der Waals surface area contributed by atoms with Crippen molar-refractivity contribution >= 4 is 17.9 Å². The van der Waals surface area contributed by atoms with E-state index in [1.165, 1.54) is 0 Å². The minimum absolute atomic E-state index is 0.0151. The SMILES string of the molecule is CCOC(=O)C1=C(CN2CCC[C@@H]2C(=O)NCC(F)(F)F)NC(=O)NC1. The second-order valence-corrected chi connectivity index (χ2v) is 5.95. The van der Waals surface area contributed by atoms with Crippen LogP contribution in [0.4, 0.5) is 18.0 Å². The van der Waals surface area contributed by atoms with Gasteiger partial charge in [-0.05, 0) is 26.3 Å². The van der Waals surface area contributed by atoms with Crippen LogP contribution in [0.15, 0.2) is 11.3 Å². The van der Waals surface area contributed by atoms with Crippen LogP contribution in [0.5, 0.6) is 0 Å². The Balaban J connectivity index is 2.09. The molecule has 0 aromatic carbocycles. The maximum absolute atomic E-state index is 12.3. The number of ether oxygens (including phenoxy) is 1. The van der Waals surface area contributed by atoms with Gasteiger partial charge in [0, 0.05) is 12.2 Å². The Morgan fingerprint density at radius 2 is 2.12 bits per heavy atom. The second-order valence-electron chi connectivity index (χ2n) is 5.95. The Kier molecular flexibility index (Phi) is 6.46. The molecular formula is C15H21F3N4O4. The van der Waals surface area contributed by atoms with E-state index in [0.717, 1.165) is 0 Å². The Bertz CT molecular complexity index is 606. The quantitative estimate of drug-likeness (QED) is 0.576. The van der Waals surface area contributed by atoms with Crippen LogP contribution in [0.3, 0.4) is 0 Å². The molecule has 1 saturated heterocycles. The van der Waals surface area contributed by atoms with Crippen LogP contribution in [-0.4, -0.2) is 67.8 Å². The van der Waals surface area contributed by atoms with Gasteiger partial charge >= 0.3 is 18.2 Å². The van der Waals surface area contributed by atoms with Gasteiger partial charge in [0.05, 0.1) is 24.8 Å². The summed E-state index contributed by atoms with van der Waals surface area (Å²) in [5.41, 5.74) is 0.524. The molecule has 11 heteroatoms. The summed E-state index contributed by atoms with van der Waals surface area (Å²) in [5, 5.41) is 6.87. The number of nitrogens with zero attached hydrogens (tertiary/aromatic N) is 1. The average molecular weight is 378 g/mol. The zero-order chi connectivity index (χ0) is 19.3. The van der Waals surface area contributed by atoms with Gasteiger partial charge in [-0.15, -0.1) is 0 Å². The molecule has 146 valence electrons. The van der Waals surface area contributed by atoms with Gasteiger partial charge in [-0.25, -0.2) is 9.59 Å². The summed E-state index contributed by atoms with van der Waals surface area (Å²) < 4.78 is 41.8. The number of hydrogen-bond donors (Lipinski definition) is 3. The summed E-state index contributed by atoms with van der Waals surface area (Å²) in [6, 6.07) is -1.24. The van der Waals surface area contributed by atoms with Crippen molar-refractivity contribution in [1.29, 1.82) is 0 Å². The Morgan fingerprint density at radius 1 is 1.38 bits per heavy atom. The van der Waals surface area contributed by atoms with Gasteiger partial charge in [0.2, 0.25) is 5.91 Å². The monoisotopic (exact) mass is 378 g/mol. The van der Waals surface area contributed by atoms with Gasteiger partial charge in [-0.2, -0.15) is 13.2 Å². The van der Waals surface area contributed by atoms with Crippen LogP contribution in [0.2, 0.25) is 0 Å². The molecule has 0 aromatic rings. The van der Waals surface area contributed by atoms with E-state index >= 15 is 0 Å². The lowest BCUT2D eigenvalue weighted by atomic mass is 10.1. The lowest BCUT2D eigenvalue weighted by molar-refractivity contribution is -0.141. The Hall–Kier alpha value is -2.30. The lowest BCUT2D eigenvalue weighted by Gasteiger charge is -2.28. The first-order chi connectivity index (χ1) is 12.2. The fourth-order valence-corrected chi connectivity index (χ4v) is 2.90. The van der Waals surface area contributed by atoms with Crippen molar-refractivity contribution in [3.8, 4) is 0 Å². The van der Waals surface area contributed by atoms with Gasteiger partial charge in [-0.3, -0.25) is 9.69 Å². The maximum atomic E-state index is 12.3. The van der Waals surface area contributed by atoms with Crippen molar-refractivity contribution in [3.05, 3.63) is 11.3 Å². The van der Waals surface area contributed by atoms with Crippen molar-refractivity contribution in [2.45, 2.75) is 32.0 Å². The molecule has 0 radical (unpaired) electrons. The van der Waals surface area contributed by atoms with Crippen LogP contribution in [-0.2, 0) is 14.3 Å². The summed E-state index contributed by atoms with van der Waals surface area (Å²) in [4.78, 5) is 37.3. The highest BCUT2D eigenvalue weighted by Crippen LogP contribution is 2.21. The van der Waals surface area contributed by atoms with E-state index in [2.05, 4.69) is 10.6 Å². The molecule has 2 heterocycles. The largest absolute Gasteiger partial charge is 0.463 e. The Morgan fingerprint density at radius 3 is 2.77 bits per heavy atom. The molecular weight excluding hydrogens is 357 g/mol. The van der Waals surface area contributed by atoms with Gasteiger partial charge in [0.25, 0.3) is 0 Å². The van der Waals surface area contributed by atoms with E-state index in [-0.39, 0.29) is 25.3 Å². The number of hydrogen-bond acceptors (Lipinski definition) is 5. The summed E-state index contributed by atoms with van der Waals surface area (Å²) in [6.07, 6.45) is -3.46. The third kappa shape index (κ3) is 5.35. The molecule has 26 heavy (non-hydrogen) atoms. The van der Waals surface area contributed by atoms with E-state index in [1.807, 2.05) is 5.32 Å². The minimum atomic E-state index is -4.48. The molecule has 0 saturated carbocycles. The molecule has 2 aliphatic heterocycles. The zero-order valence-electron chi connectivity index (χ0n) is 14.2. The highest BCUT2D eigenvalue weighted by molar-refractivity contribution is 5.93. The lowest BCUT2D eigenvalue weighted by Crippen LogP contribution is -2.50. The molecule has 1 fully saturated rings. The summed E-state index contributed by atoms with van der Waals surface area (Å²) in [7, 11) is 0.